The molecule has 3 atom stereocenters. The van der Waals surface area contributed by atoms with E-state index in [2.05, 4.69) is 6.92 Å². The summed E-state index contributed by atoms with van der Waals surface area (Å²) in [6.07, 6.45) is 2.74. The second-order valence-corrected chi connectivity index (χ2v) is 5.10. The lowest BCUT2D eigenvalue weighted by atomic mass is 9.83. The van der Waals surface area contributed by atoms with Crippen LogP contribution in [0.3, 0.4) is 0 Å². The summed E-state index contributed by atoms with van der Waals surface area (Å²) in [6.45, 7) is 2.79. The van der Waals surface area contributed by atoms with Crippen molar-refractivity contribution in [1.82, 2.24) is 0 Å². The van der Waals surface area contributed by atoms with Gasteiger partial charge in [-0.15, -0.1) is 0 Å². The first-order chi connectivity index (χ1) is 8.19. The predicted octanol–water partition coefficient (Wildman–Crippen LogP) is 1.16. The zero-order valence-electron chi connectivity index (χ0n) is 9.81. The van der Waals surface area contributed by atoms with Crippen LogP contribution in [0.25, 0.3) is 0 Å². The second-order valence-electron chi connectivity index (χ2n) is 5.10. The Bertz CT molecular complexity index is 421. The maximum atomic E-state index is 11.8. The number of hydrogen-bond acceptors (Lipinski definition) is 4. The standard InChI is InChI=1S/C13H16O4/c1-7-6-16-13-10(7)4-9-2-8(5-14)3-11(15)12(9)17-13/h3,7,10,13-14H,2,4-6H2,1H3. The van der Waals surface area contributed by atoms with Gasteiger partial charge in [-0.2, -0.15) is 0 Å². The van der Waals surface area contributed by atoms with E-state index in [1.807, 2.05) is 0 Å². The van der Waals surface area contributed by atoms with Crippen LogP contribution in [0.5, 0.6) is 0 Å². The minimum absolute atomic E-state index is 0.0529. The van der Waals surface area contributed by atoms with Gasteiger partial charge in [-0.1, -0.05) is 6.92 Å². The van der Waals surface area contributed by atoms with Gasteiger partial charge in [-0.05, 0) is 36.0 Å². The van der Waals surface area contributed by atoms with Crippen LogP contribution in [0, 0.1) is 11.8 Å². The van der Waals surface area contributed by atoms with Crippen molar-refractivity contribution in [1.29, 1.82) is 0 Å². The van der Waals surface area contributed by atoms with E-state index in [0.717, 1.165) is 17.6 Å². The third-order valence-electron chi connectivity index (χ3n) is 3.84. The van der Waals surface area contributed by atoms with Gasteiger partial charge in [-0.3, -0.25) is 4.79 Å². The summed E-state index contributed by atoms with van der Waals surface area (Å²) in [5, 5.41) is 9.13. The molecule has 0 amide bonds. The predicted molar refractivity (Wildman–Crippen MR) is 59.9 cm³/mol. The molecule has 1 fully saturated rings. The van der Waals surface area contributed by atoms with Gasteiger partial charge in [0.25, 0.3) is 0 Å². The van der Waals surface area contributed by atoms with Crippen molar-refractivity contribution in [3.63, 3.8) is 0 Å². The topological polar surface area (TPSA) is 55.8 Å². The van der Waals surface area contributed by atoms with Crippen LogP contribution in [-0.2, 0) is 14.3 Å². The number of aliphatic hydroxyl groups is 1. The van der Waals surface area contributed by atoms with Crippen molar-refractivity contribution >= 4 is 5.78 Å². The summed E-state index contributed by atoms with van der Waals surface area (Å²) >= 11 is 0. The van der Waals surface area contributed by atoms with Gasteiger partial charge in [-0.25, -0.2) is 0 Å². The van der Waals surface area contributed by atoms with E-state index in [-0.39, 0.29) is 18.7 Å². The lowest BCUT2D eigenvalue weighted by Crippen LogP contribution is -2.31. The highest BCUT2D eigenvalue weighted by atomic mass is 16.7. The van der Waals surface area contributed by atoms with Crippen LogP contribution in [-0.4, -0.2) is 30.4 Å². The van der Waals surface area contributed by atoms with E-state index in [0.29, 0.717) is 30.6 Å². The molecular weight excluding hydrogens is 220 g/mol. The maximum Gasteiger partial charge on any atom is 0.220 e. The van der Waals surface area contributed by atoms with Crippen molar-refractivity contribution in [2.24, 2.45) is 11.8 Å². The summed E-state index contributed by atoms with van der Waals surface area (Å²) in [6, 6.07) is 0. The van der Waals surface area contributed by atoms with Crippen LogP contribution in [0.2, 0.25) is 0 Å². The summed E-state index contributed by atoms with van der Waals surface area (Å²) in [5.74, 6) is 1.14. The van der Waals surface area contributed by atoms with E-state index >= 15 is 0 Å². The first kappa shape index (κ1) is 11.0. The summed E-state index contributed by atoms with van der Waals surface area (Å²) in [4.78, 5) is 11.8. The molecule has 17 heavy (non-hydrogen) atoms. The molecule has 0 spiro atoms. The first-order valence-corrected chi connectivity index (χ1v) is 6.04. The molecule has 3 rings (SSSR count). The van der Waals surface area contributed by atoms with Gasteiger partial charge in [0.2, 0.25) is 12.1 Å². The molecule has 0 aromatic rings. The Morgan fingerprint density at radius 2 is 2.35 bits per heavy atom. The van der Waals surface area contributed by atoms with Crippen LogP contribution in [0.15, 0.2) is 23.0 Å². The number of ketones is 1. The van der Waals surface area contributed by atoms with E-state index in [9.17, 15) is 4.79 Å². The average Bonchev–Trinajstić information content (AvgIpc) is 2.69. The van der Waals surface area contributed by atoms with Gasteiger partial charge in [0.1, 0.15) is 0 Å². The Morgan fingerprint density at radius 3 is 3.12 bits per heavy atom. The van der Waals surface area contributed by atoms with E-state index in [1.54, 1.807) is 0 Å². The van der Waals surface area contributed by atoms with Crippen molar-refractivity contribution in [2.45, 2.75) is 26.1 Å². The molecular formula is C13H16O4. The first-order valence-electron chi connectivity index (χ1n) is 6.04. The van der Waals surface area contributed by atoms with E-state index in [1.165, 1.54) is 6.08 Å². The van der Waals surface area contributed by atoms with Crippen LogP contribution in [0.1, 0.15) is 19.8 Å². The normalized spacial score (nSPS) is 36.2. The highest BCUT2D eigenvalue weighted by molar-refractivity contribution is 6.04. The summed E-state index contributed by atoms with van der Waals surface area (Å²) in [7, 11) is 0. The number of allylic oxidation sites excluding steroid dienone is 2. The van der Waals surface area contributed by atoms with Gasteiger partial charge in [0.15, 0.2) is 5.76 Å². The lowest BCUT2D eigenvalue weighted by molar-refractivity contribution is -0.135. The molecule has 0 bridgehead atoms. The van der Waals surface area contributed by atoms with Crippen molar-refractivity contribution in [2.75, 3.05) is 13.2 Å². The minimum atomic E-state index is -0.253. The monoisotopic (exact) mass is 236 g/mol. The van der Waals surface area contributed by atoms with Crippen molar-refractivity contribution < 1.29 is 19.4 Å². The van der Waals surface area contributed by atoms with Crippen molar-refractivity contribution in [3.05, 3.63) is 23.0 Å². The molecule has 0 radical (unpaired) electrons. The molecule has 0 aromatic heterocycles. The van der Waals surface area contributed by atoms with Crippen LogP contribution >= 0.6 is 0 Å². The number of carbonyl (C=O) groups is 1. The third-order valence-corrected chi connectivity index (χ3v) is 3.84. The molecule has 2 heterocycles. The molecule has 1 saturated heterocycles. The Labute approximate surface area is 99.9 Å². The number of carbonyl (C=O) groups excluding carboxylic acids is 1. The van der Waals surface area contributed by atoms with Gasteiger partial charge in [0.05, 0.1) is 13.2 Å². The Morgan fingerprint density at radius 1 is 1.53 bits per heavy atom. The van der Waals surface area contributed by atoms with E-state index in [4.69, 9.17) is 14.6 Å². The number of ether oxygens (including phenoxy) is 2. The van der Waals surface area contributed by atoms with Gasteiger partial charge >= 0.3 is 0 Å². The zero-order chi connectivity index (χ0) is 12.0. The minimum Gasteiger partial charge on any atom is -0.461 e. The SMILES string of the molecule is CC1COC2OC3=C(CC(CO)=CC3=O)CC12. The Kier molecular flexibility index (Phi) is 2.56. The van der Waals surface area contributed by atoms with Gasteiger partial charge < -0.3 is 14.6 Å². The summed E-state index contributed by atoms with van der Waals surface area (Å²) < 4.78 is 11.2. The second kappa shape index (κ2) is 3.96. The van der Waals surface area contributed by atoms with Crippen LogP contribution < -0.4 is 0 Å². The fourth-order valence-corrected chi connectivity index (χ4v) is 2.82. The van der Waals surface area contributed by atoms with Crippen LogP contribution in [0.4, 0.5) is 0 Å². The zero-order valence-corrected chi connectivity index (χ0v) is 9.81. The molecule has 0 saturated carbocycles. The molecule has 92 valence electrons. The Balaban J connectivity index is 1.87. The van der Waals surface area contributed by atoms with Gasteiger partial charge in [0, 0.05) is 5.92 Å². The number of rotatable bonds is 1. The molecule has 3 unspecified atom stereocenters. The quantitative estimate of drug-likeness (QED) is 0.742. The fourth-order valence-electron chi connectivity index (χ4n) is 2.82. The lowest BCUT2D eigenvalue weighted by Gasteiger charge is -2.32. The summed E-state index contributed by atoms with van der Waals surface area (Å²) in [5.41, 5.74) is 1.81. The molecule has 1 aliphatic carbocycles. The fraction of sp³-hybridized carbons (Fsp3) is 0.615. The van der Waals surface area contributed by atoms with E-state index < -0.39 is 0 Å². The molecule has 4 nitrogen and oxygen atoms in total. The molecule has 4 heteroatoms. The smallest absolute Gasteiger partial charge is 0.220 e. The maximum absolute atomic E-state index is 11.8. The van der Waals surface area contributed by atoms with Crippen molar-refractivity contribution in [3.8, 4) is 0 Å². The number of hydrogen-bond donors (Lipinski definition) is 1. The highest BCUT2D eigenvalue weighted by Crippen LogP contribution is 2.42. The molecule has 3 aliphatic rings. The molecule has 2 aliphatic heterocycles. The largest absolute Gasteiger partial charge is 0.461 e. The third kappa shape index (κ3) is 1.72. The average molecular weight is 236 g/mol. The number of aliphatic hydroxyl groups excluding tert-OH is 1. The highest BCUT2D eigenvalue weighted by Gasteiger charge is 2.42. The molecule has 1 N–H and O–H groups in total. The Hall–Kier alpha value is -1.13. The number of fused-ring (bicyclic) bond motifs is 1. The molecule has 0 aromatic carbocycles.